The summed E-state index contributed by atoms with van der Waals surface area (Å²) >= 11 is 0. The van der Waals surface area contributed by atoms with E-state index in [0.29, 0.717) is 5.69 Å². The van der Waals surface area contributed by atoms with E-state index in [1.54, 1.807) is 45.0 Å². The number of nitrogens with zero attached hydrogens (tertiary/aromatic N) is 1. The quantitative estimate of drug-likeness (QED) is 0.704. The zero-order valence-electron chi connectivity index (χ0n) is 13.8. The molecule has 0 saturated carbocycles. The fourth-order valence-electron chi connectivity index (χ4n) is 1.62. The maximum atomic E-state index is 12.0. The van der Waals surface area contributed by atoms with Crippen molar-refractivity contribution in [3.8, 4) is 6.07 Å². The Balaban J connectivity index is 2.61. The minimum Gasteiger partial charge on any atom is -0.444 e. The molecule has 0 heterocycles. The molecule has 3 N–H and O–H groups in total. The van der Waals surface area contributed by atoms with E-state index in [-0.39, 0.29) is 18.7 Å². The van der Waals surface area contributed by atoms with Gasteiger partial charge in [-0.1, -0.05) is 6.07 Å². The van der Waals surface area contributed by atoms with Gasteiger partial charge in [-0.2, -0.15) is 5.26 Å². The van der Waals surface area contributed by atoms with Crippen molar-refractivity contribution in [3.63, 3.8) is 0 Å². The summed E-state index contributed by atoms with van der Waals surface area (Å²) in [5.74, 6) is -0.942. The Hall–Kier alpha value is -3.08. The molecule has 0 spiro atoms. The third-order valence-electron chi connectivity index (χ3n) is 2.54. The van der Waals surface area contributed by atoms with E-state index >= 15 is 0 Å². The predicted octanol–water partition coefficient (Wildman–Crippen LogP) is 1.40. The summed E-state index contributed by atoms with van der Waals surface area (Å²) in [4.78, 5) is 35.0. The fourth-order valence-corrected chi connectivity index (χ4v) is 1.62. The first-order valence-electron chi connectivity index (χ1n) is 7.23. The van der Waals surface area contributed by atoms with Gasteiger partial charge >= 0.3 is 6.09 Å². The standard InChI is InChI=1S/C16H20N4O4/c1-16(2,3)24-15(23)20-12-6-4-5-11(9-12)14(22)19-10-13(21)18-8-7-17/h4-6,9H,8,10H2,1-3H3,(H,18,21)(H,19,22)(H,20,23). The lowest BCUT2D eigenvalue weighted by Crippen LogP contribution is -2.37. The summed E-state index contributed by atoms with van der Waals surface area (Å²) in [6.07, 6.45) is -0.629. The first-order valence-corrected chi connectivity index (χ1v) is 7.23. The number of nitriles is 1. The third kappa shape index (κ3) is 7.26. The second kappa shape index (κ2) is 8.53. The van der Waals surface area contributed by atoms with Crippen molar-refractivity contribution in [1.82, 2.24) is 10.6 Å². The summed E-state index contributed by atoms with van der Waals surface area (Å²) in [5, 5.41) is 15.6. The third-order valence-corrected chi connectivity index (χ3v) is 2.54. The van der Waals surface area contributed by atoms with Crippen LogP contribution in [0.15, 0.2) is 24.3 Å². The number of anilines is 1. The number of ether oxygens (including phenoxy) is 1. The molecule has 1 aromatic rings. The van der Waals surface area contributed by atoms with Crippen LogP contribution in [0.25, 0.3) is 0 Å². The normalized spacial score (nSPS) is 10.2. The number of amides is 3. The predicted molar refractivity (Wildman–Crippen MR) is 87.3 cm³/mol. The number of rotatable bonds is 5. The van der Waals surface area contributed by atoms with Crippen molar-refractivity contribution < 1.29 is 19.1 Å². The summed E-state index contributed by atoms with van der Waals surface area (Å²) in [5.41, 5.74) is 0.0398. The molecule has 0 aromatic heterocycles. The van der Waals surface area contributed by atoms with Gasteiger partial charge in [-0.25, -0.2) is 4.79 Å². The van der Waals surface area contributed by atoms with Crippen LogP contribution in [-0.2, 0) is 9.53 Å². The van der Waals surface area contributed by atoms with E-state index in [4.69, 9.17) is 10.00 Å². The zero-order chi connectivity index (χ0) is 18.2. The molecular weight excluding hydrogens is 312 g/mol. The Morgan fingerprint density at radius 1 is 1.21 bits per heavy atom. The number of nitrogens with one attached hydrogen (secondary N) is 3. The number of carbonyl (C=O) groups excluding carboxylic acids is 3. The number of carbonyl (C=O) groups is 3. The molecule has 128 valence electrons. The average molecular weight is 332 g/mol. The molecule has 0 unspecified atom stereocenters. The van der Waals surface area contributed by atoms with Gasteiger partial charge in [0, 0.05) is 11.3 Å². The zero-order valence-corrected chi connectivity index (χ0v) is 13.8. The van der Waals surface area contributed by atoms with Crippen LogP contribution in [0, 0.1) is 11.3 Å². The highest BCUT2D eigenvalue weighted by molar-refractivity contribution is 5.98. The van der Waals surface area contributed by atoms with Crippen molar-refractivity contribution in [2.45, 2.75) is 26.4 Å². The van der Waals surface area contributed by atoms with E-state index in [0.717, 1.165) is 0 Å². The van der Waals surface area contributed by atoms with Crippen LogP contribution >= 0.6 is 0 Å². The summed E-state index contributed by atoms with van der Waals surface area (Å²) in [7, 11) is 0. The van der Waals surface area contributed by atoms with Crippen LogP contribution in [0.3, 0.4) is 0 Å². The van der Waals surface area contributed by atoms with Crippen molar-refractivity contribution in [2.75, 3.05) is 18.4 Å². The van der Waals surface area contributed by atoms with Gasteiger partial charge in [0.2, 0.25) is 5.91 Å². The minimum absolute atomic E-state index is 0.121. The maximum absolute atomic E-state index is 12.0. The Kier molecular flexibility index (Phi) is 6.74. The lowest BCUT2D eigenvalue weighted by atomic mass is 10.2. The van der Waals surface area contributed by atoms with Gasteiger partial charge in [0.1, 0.15) is 12.1 Å². The molecule has 8 nitrogen and oxygen atoms in total. The topological polar surface area (TPSA) is 120 Å². The van der Waals surface area contributed by atoms with E-state index in [1.165, 1.54) is 6.07 Å². The number of benzene rings is 1. The van der Waals surface area contributed by atoms with Crippen LogP contribution in [0.4, 0.5) is 10.5 Å². The van der Waals surface area contributed by atoms with Gasteiger partial charge in [0.15, 0.2) is 0 Å². The highest BCUT2D eigenvalue weighted by Crippen LogP contribution is 2.13. The van der Waals surface area contributed by atoms with E-state index in [2.05, 4.69) is 16.0 Å². The molecular formula is C16H20N4O4. The fraction of sp³-hybridized carbons (Fsp3) is 0.375. The smallest absolute Gasteiger partial charge is 0.412 e. The van der Waals surface area contributed by atoms with Gasteiger partial charge < -0.3 is 15.4 Å². The lowest BCUT2D eigenvalue weighted by molar-refractivity contribution is -0.119. The molecule has 0 aliphatic heterocycles. The monoisotopic (exact) mass is 332 g/mol. The van der Waals surface area contributed by atoms with Gasteiger partial charge in [-0.15, -0.1) is 0 Å². The van der Waals surface area contributed by atoms with E-state index in [1.807, 2.05) is 0 Å². The largest absolute Gasteiger partial charge is 0.444 e. The first kappa shape index (κ1) is 19.0. The Morgan fingerprint density at radius 3 is 2.54 bits per heavy atom. The van der Waals surface area contributed by atoms with Crippen LogP contribution in [-0.4, -0.2) is 36.6 Å². The maximum Gasteiger partial charge on any atom is 0.412 e. The first-order chi connectivity index (χ1) is 11.2. The molecule has 0 radical (unpaired) electrons. The van der Waals surface area contributed by atoms with Gasteiger partial charge in [-0.3, -0.25) is 14.9 Å². The Labute approximate surface area is 140 Å². The molecule has 24 heavy (non-hydrogen) atoms. The highest BCUT2D eigenvalue weighted by atomic mass is 16.6. The molecule has 1 aromatic carbocycles. The highest BCUT2D eigenvalue weighted by Gasteiger charge is 2.16. The van der Waals surface area contributed by atoms with Crippen molar-refractivity contribution in [3.05, 3.63) is 29.8 Å². The van der Waals surface area contributed by atoms with Crippen LogP contribution in [0.2, 0.25) is 0 Å². The second-order valence-corrected chi connectivity index (χ2v) is 5.83. The molecule has 0 fully saturated rings. The summed E-state index contributed by atoms with van der Waals surface area (Å²) < 4.78 is 5.13. The van der Waals surface area contributed by atoms with Crippen LogP contribution in [0.5, 0.6) is 0 Å². The summed E-state index contributed by atoms with van der Waals surface area (Å²) in [6, 6.07) is 7.98. The lowest BCUT2D eigenvalue weighted by Gasteiger charge is -2.19. The van der Waals surface area contributed by atoms with Crippen molar-refractivity contribution in [1.29, 1.82) is 5.26 Å². The molecule has 3 amide bonds. The Bertz CT molecular complexity index is 659. The van der Waals surface area contributed by atoms with Gasteiger partial charge in [0.05, 0.1) is 12.6 Å². The molecule has 0 bridgehead atoms. The molecule has 0 aliphatic carbocycles. The SMILES string of the molecule is CC(C)(C)OC(=O)Nc1cccc(C(=O)NCC(=O)NCC#N)c1. The van der Waals surface area contributed by atoms with Crippen molar-refractivity contribution >= 4 is 23.6 Å². The molecule has 0 saturated heterocycles. The van der Waals surface area contributed by atoms with Gasteiger partial charge in [0.25, 0.3) is 5.91 Å². The van der Waals surface area contributed by atoms with Crippen molar-refractivity contribution in [2.24, 2.45) is 0 Å². The van der Waals surface area contributed by atoms with Gasteiger partial charge in [-0.05, 0) is 39.0 Å². The molecule has 0 atom stereocenters. The molecule has 8 heteroatoms. The molecule has 1 rings (SSSR count). The summed E-state index contributed by atoms with van der Waals surface area (Å²) in [6.45, 7) is 4.86. The Morgan fingerprint density at radius 2 is 1.92 bits per heavy atom. The average Bonchev–Trinajstić information content (AvgIpc) is 2.48. The minimum atomic E-state index is -0.629. The number of hydrogen-bond acceptors (Lipinski definition) is 5. The second-order valence-electron chi connectivity index (χ2n) is 5.83. The van der Waals surface area contributed by atoms with Crippen LogP contribution in [0.1, 0.15) is 31.1 Å². The van der Waals surface area contributed by atoms with E-state index < -0.39 is 23.5 Å². The van der Waals surface area contributed by atoms with Crippen LogP contribution < -0.4 is 16.0 Å². The molecule has 0 aliphatic rings. The number of hydrogen-bond donors (Lipinski definition) is 3. The van der Waals surface area contributed by atoms with E-state index in [9.17, 15) is 14.4 Å².